The van der Waals surface area contributed by atoms with E-state index in [4.69, 9.17) is 15.9 Å². The second kappa shape index (κ2) is 9.93. The molecular formula is C18H25FO9. The van der Waals surface area contributed by atoms with E-state index in [1.807, 2.05) is 0 Å². The van der Waals surface area contributed by atoms with Crippen molar-refractivity contribution in [1.82, 2.24) is 0 Å². The van der Waals surface area contributed by atoms with E-state index in [1.165, 1.54) is 6.92 Å². The molecule has 158 valence electrons. The molecule has 1 heterocycles. The number of terminal acetylenes is 1. The minimum absolute atomic E-state index is 0.0190. The highest BCUT2D eigenvalue weighted by Crippen LogP contribution is 2.39. The molecule has 1 fully saturated rings. The number of halogens is 1. The van der Waals surface area contributed by atoms with Crippen LogP contribution in [0.2, 0.25) is 0 Å². The first-order valence-electron chi connectivity index (χ1n) is 8.64. The molecule has 10 heteroatoms. The molecule has 4 N–H and O–H groups in total. The summed E-state index contributed by atoms with van der Waals surface area (Å²) in [6, 6.07) is 0. The first kappa shape index (κ1) is 24.0. The van der Waals surface area contributed by atoms with Gasteiger partial charge in [-0.05, 0) is 13.8 Å². The van der Waals surface area contributed by atoms with Crippen LogP contribution in [0.15, 0.2) is 0 Å². The van der Waals surface area contributed by atoms with Crippen LogP contribution in [0.4, 0.5) is 4.39 Å². The van der Waals surface area contributed by atoms with E-state index in [-0.39, 0.29) is 12.8 Å². The van der Waals surface area contributed by atoms with Gasteiger partial charge in [0, 0.05) is 18.8 Å². The van der Waals surface area contributed by atoms with Gasteiger partial charge in [0.25, 0.3) is 0 Å². The number of alkyl halides is 1. The van der Waals surface area contributed by atoms with Gasteiger partial charge in [-0.1, -0.05) is 0 Å². The molecule has 0 bridgehead atoms. The Bertz CT molecular complexity index is 631. The van der Waals surface area contributed by atoms with E-state index in [9.17, 15) is 39.2 Å². The fraction of sp³-hybridized carbons (Fsp3) is 0.722. The van der Waals surface area contributed by atoms with E-state index in [2.05, 4.69) is 5.92 Å². The molecule has 0 aromatic heterocycles. The molecule has 0 spiro atoms. The van der Waals surface area contributed by atoms with Gasteiger partial charge in [-0.15, -0.1) is 12.3 Å². The zero-order chi connectivity index (χ0) is 21.6. The predicted molar refractivity (Wildman–Crippen MR) is 91.6 cm³/mol. The third kappa shape index (κ3) is 5.26. The lowest BCUT2D eigenvalue weighted by atomic mass is 9.77. The maximum atomic E-state index is 14.6. The summed E-state index contributed by atoms with van der Waals surface area (Å²) in [6.45, 7) is 1.14. The molecule has 0 saturated carbocycles. The van der Waals surface area contributed by atoms with Crippen molar-refractivity contribution in [2.45, 2.75) is 69.3 Å². The zero-order valence-electron chi connectivity index (χ0n) is 15.6. The van der Waals surface area contributed by atoms with E-state index in [1.54, 1.807) is 0 Å². The number of carbonyl (C=O) groups excluding carboxylic acids is 2. The fourth-order valence-electron chi connectivity index (χ4n) is 3.07. The largest absolute Gasteiger partial charge is 0.479 e. The number of ketones is 1. The quantitative estimate of drug-likeness (QED) is 0.286. The third-order valence-electron chi connectivity index (χ3n) is 4.65. The van der Waals surface area contributed by atoms with Crippen LogP contribution in [0.3, 0.4) is 0 Å². The number of aliphatic hydroxyl groups is 3. The Morgan fingerprint density at radius 1 is 1.39 bits per heavy atom. The molecule has 7 atom stereocenters. The van der Waals surface area contributed by atoms with Crippen LogP contribution in [-0.2, 0) is 23.9 Å². The summed E-state index contributed by atoms with van der Waals surface area (Å²) >= 11 is 0. The van der Waals surface area contributed by atoms with E-state index < -0.39 is 72.9 Å². The lowest BCUT2D eigenvalue weighted by Crippen LogP contribution is -2.66. The second-order valence-corrected chi connectivity index (χ2v) is 6.87. The van der Waals surface area contributed by atoms with Crippen molar-refractivity contribution in [3.8, 4) is 12.3 Å². The molecule has 1 saturated heterocycles. The average molecular weight is 404 g/mol. The Hall–Kier alpha value is -2.06. The SMILES string of the molecule is C#CCCC(=O)O[C@@H](C1OC(C)(C(=O)O)C(F)C(O)C1CC(C)=O)[C@H](O)CO. The topological polar surface area (TPSA) is 151 Å². The Morgan fingerprint density at radius 2 is 2.00 bits per heavy atom. The first-order chi connectivity index (χ1) is 13.0. The number of carboxylic acid groups (broad SMARTS) is 1. The molecule has 0 aromatic rings. The van der Waals surface area contributed by atoms with Crippen LogP contribution >= 0.6 is 0 Å². The third-order valence-corrected chi connectivity index (χ3v) is 4.65. The Morgan fingerprint density at radius 3 is 2.46 bits per heavy atom. The Kier molecular flexibility index (Phi) is 8.50. The van der Waals surface area contributed by atoms with Crippen LogP contribution in [0.25, 0.3) is 0 Å². The highest BCUT2D eigenvalue weighted by Gasteiger charge is 2.59. The predicted octanol–water partition coefficient (Wildman–Crippen LogP) is -0.799. The molecular weight excluding hydrogens is 379 g/mol. The van der Waals surface area contributed by atoms with E-state index in [0.29, 0.717) is 0 Å². The minimum Gasteiger partial charge on any atom is -0.479 e. The molecule has 0 amide bonds. The fourth-order valence-corrected chi connectivity index (χ4v) is 3.07. The number of aliphatic carboxylic acids is 1. The number of hydrogen-bond donors (Lipinski definition) is 4. The van der Waals surface area contributed by atoms with Gasteiger partial charge in [-0.2, -0.15) is 0 Å². The van der Waals surface area contributed by atoms with Crippen molar-refractivity contribution in [3.05, 3.63) is 0 Å². The van der Waals surface area contributed by atoms with Gasteiger partial charge in [0.2, 0.25) is 0 Å². The van der Waals surface area contributed by atoms with E-state index >= 15 is 0 Å². The summed E-state index contributed by atoms with van der Waals surface area (Å²) in [6.07, 6.45) is -4.92. The highest BCUT2D eigenvalue weighted by molar-refractivity contribution is 5.79. The van der Waals surface area contributed by atoms with Crippen LogP contribution in [0, 0.1) is 18.3 Å². The molecule has 0 aliphatic carbocycles. The summed E-state index contributed by atoms with van der Waals surface area (Å²) in [7, 11) is 0. The lowest BCUT2D eigenvalue weighted by Gasteiger charge is -2.48. The molecule has 0 radical (unpaired) electrons. The van der Waals surface area contributed by atoms with Crippen molar-refractivity contribution in [3.63, 3.8) is 0 Å². The smallest absolute Gasteiger partial charge is 0.338 e. The summed E-state index contributed by atoms with van der Waals surface area (Å²) in [5.74, 6) is -2.20. The van der Waals surface area contributed by atoms with Crippen molar-refractivity contribution in [2.24, 2.45) is 5.92 Å². The molecule has 1 rings (SSSR count). The number of hydrogen-bond acceptors (Lipinski definition) is 8. The average Bonchev–Trinajstić information content (AvgIpc) is 2.63. The van der Waals surface area contributed by atoms with Gasteiger partial charge >= 0.3 is 11.9 Å². The Balaban J connectivity index is 3.32. The second-order valence-electron chi connectivity index (χ2n) is 6.87. The maximum Gasteiger partial charge on any atom is 0.338 e. The zero-order valence-corrected chi connectivity index (χ0v) is 15.6. The van der Waals surface area contributed by atoms with Crippen LogP contribution < -0.4 is 0 Å². The van der Waals surface area contributed by atoms with Crippen molar-refractivity contribution in [1.29, 1.82) is 0 Å². The molecule has 1 aliphatic heterocycles. The van der Waals surface area contributed by atoms with Gasteiger partial charge in [0.05, 0.1) is 19.1 Å². The number of ether oxygens (including phenoxy) is 2. The van der Waals surface area contributed by atoms with Crippen LogP contribution in [0.5, 0.6) is 0 Å². The van der Waals surface area contributed by atoms with Crippen LogP contribution in [-0.4, -0.2) is 80.9 Å². The molecule has 1 aliphatic rings. The molecule has 9 nitrogen and oxygen atoms in total. The minimum atomic E-state index is -2.53. The molecule has 5 unspecified atom stereocenters. The van der Waals surface area contributed by atoms with Gasteiger partial charge in [-0.3, -0.25) is 4.79 Å². The Labute approximate surface area is 161 Å². The van der Waals surface area contributed by atoms with E-state index in [0.717, 1.165) is 6.92 Å². The summed E-state index contributed by atoms with van der Waals surface area (Å²) in [5, 5.41) is 39.1. The van der Waals surface area contributed by atoms with Crippen LogP contribution in [0.1, 0.15) is 33.1 Å². The maximum absolute atomic E-state index is 14.6. The summed E-state index contributed by atoms with van der Waals surface area (Å²) in [5.41, 5.74) is -2.53. The summed E-state index contributed by atoms with van der Waals surface area (Å²) < 4.78 is 25.1. The first-order valence-corrected chi connectivity index (χ1v) is 8.64. The number of esters is 1. The standard InChI is InChI=1S/C18H25FO9/c1-4-5-6-12(23)27-15(11(22)8-20)14-10(7-9(2)21)13(24)16(19)18(3,28-14)17(25)26/h1,10-11,13-16,20,22,24H,5-8H2,2-3H3,(H,25,26)/t10?,11-,13?,14?,15-,16?,18?/m1/s1. The number of carboxylic acids is 1. The van der Waals surface area contributed by atoms with Gasteiger partial charge in [0.15, 0.2) is 17.9 Å². The van der Waals surface area contributed by atoms with Crippen molar-refractivity contribution < 1.29 is 48.7 Å². The number of rotatable bonds is 9. The molecule has 0 aromatic carbocycles. The van der Waals surface area contributed by atoms with Gasteiger partial charge in [0.1, 0.15) is 18.0 Å². The number of aliphatic hydroxyl groups excluding tert-OH is 3. The lowest BCUT2D eigenvalue weighted by molar-refractivity contribution is -0.262. The van der Waals surface area contributed by atoms with Crippen molar-refractivity contribution >= 4 is 17.7 Å². The number of Topliss-reactive ketones (excluding diaryl/α,β-unsaturated/α-hetero) is 1. The number of carbonyl (C=O) groups is 3. The highest BCUT2D eigenvalue weighted by atomic mass is 19.1. The normalized spacial score (nSPS) is 32.0. The molecule has 28 heavy (non-hydrogen) atoms. The summed E-state index contributed by atoms with van der Waals surface area (Å²) in [4.78, 5) is 35.1. The monoisotopic (exact) mass is 404 g/mol. The van der Waals surface area contributed by atoms with Gasteiger partial charge < -0.3 is 34.7 Å². The van der Waals surface area contributed by atoms with Crippen molar-refractivity contribution in [2.75, 3.05) is 6.61 Å². The van der Waals surface area contributed by atoms with Gasteiger partial charge in [-0.25, -0.2) is 9.18 Å².